The van der Waals surface area contributed by atoms with Crippen LogP contribution in [0, 0.1) is 17.8 Å². The Morgan fingerprint density at radius 3 is 2.29 bits per heavy atom. The van der Waals surface area contributed by atoms with Crippen LogP contribution in [0.3, 0.4) is 0 Å². The minimum atomic E-state index is -2.43. The van der Waals surface area contributed by atoms with Gasteiger partial charge in [-0.1, -0.05) is 18.2 Å². The van der Waals surface area contributed by atoms with Crippen molar-refractivity contribution in [2.45, 2.75) is 48.8 Å². The highest BCUT2D eigenvalue weighted by Gasteiger charge is 2.40. The number of nitrogens with two attached hydrogens (primary N) is 1. The highest BCUT2D eigenvalue weighted by atomic mass is 35.5. The first-order valence-corrected chi connectivity index (χ1v) is 9.02. The van der Waals surface area contributed by atoms with Crippen LogP contribution in [0.25, 0.3) is 0 Å². The third-order valence-electron chi connectivity index (χ3n) is 5.13. The van der Waals surface area contributed by atoms with E-state index in [-0.39, 0.29) is 30.3 Å². The molecule has 2 unspecified atom stereocenters. The fraction of sp³-hybridized carbons (Fsp3) is 0.588. The molecule has 2 bridgehead atoms. The molecule has 24 heavy (non-hydrogen) atoms. The van der Waals surface area contributed by atoms with Gasteiger partial charge in [-0.3, -0.25) is 4.79 Å². The van der Waals surface area contributed by atoms with Gasteiger partial charge < -0.3 is 11.1 Å². The summed E-state index contributed by atoms with van der Waals surface area (Å²) in [7, 11) is 0. The summed E-state index contributed by atoms with van der Waals surface area (Å²) in [6.45, 7) is 0. The maximum Gasteiger partial charge on any atom is 0.288 e. The van der Waals surface area contributed by atoms with Crippen LogP contribution in [0.1, 0.15) is 32.1 Å². The molecule has 3 N–H and O–H groups in total. The van der Waals surface area contributed by atoms with Crippen LogP contribution in [0.4, 0.5) is 14.5 Å². The summed E-state index contributed by atoms with van der Waals surface area (Å²) in [4.78, 5) is 13.0. The van der Waals surface area contributed by atoms with E-state index in [1.165, 1.54) is 6.42 Å². The third-order valence-corrected chi connectivity index (χ3v) is 5.85. The SMILES string of the molecule is Cl.NC1C2CCCC1CC(C(=O)Nc1ccc(SC(F)F)cc1)C2. The normalized spacial score (nSPS) is 29.0. The van der Waals surface area contributed by atoms with Crippen molar-refractivity contribution in [3.8, 4) is 0 Å². The van der Waals surface area contributed by atoms with E-state index in [9.17, 15) is 13.6 Å². The Hall–Kier alpha value is -0.850. The van der Waals surface area contributed by atoms with Gasteiger partial charge in [-0.15, -0.1) is 12.4 Å². The summed E-state index contributed by atoms with van der Waals surface area (Å²) < 4.78 is 24.6. The number of halogens is 3. The van der Waals surface area contributed by atoms with Crippen LogP contribution in [-0.2, 0) is 4.79 Å². The van der Waals surface area contributed by atoms with Gasteiger partial charge in [-0.2, -0.15) is 8.78 Å². The molecule has 0 aromatic heterocycles. The van der Waals surface area contributed by atoms with Crippen molar-refractivity contribution in [1.82, 2.24) is 0 Å². The first-order chi connectivity index (χ1) is 11.0. The van der Waals surface area contributed by atoms with E-state index < -0.39 is 5.76 Å². The molecule has 0 saturated heterocycles. The van der Waals surface area contributed by atoms with Crippen molar-refractivity contribution in [2.75, 3.05) is 5.32 Å². The molecule has 0 spiro atoms. The lowest BCUT2D eigenvalue weighted by Crippen LogP contribution is -2.48. The number of thioether (sulfide) groups is 1. The number of anilines is 1. The summed E-state index contributed by atoms with van der Waals surface area (Å²) in [6, 6.07) is 6.82. The summed E-state index contributed by atoms with van der Waals surface area (Å²) in [5, 5.41) is 2.92. The van der Waals surface area contributed by atoms with Crippen molar-refractivity contribution in [1.29, 1.82) is 0 Å². The van der Waals surface area contributed by atoms with Crippen molar-refractivity contribution >= 4 is 35.8 Å². The fourth-order valence-electron chi connectivity index (χ4n) is 3.97. The lowest BCUT2D eigenvalue weighted by Gasteiger charge is -2.43. The molecule has 1 amide bonds. The number of hydrogen-bond donors (Lipinski definition) is 2. The molecular weight excluding hydrogens is 354 g/mol. The van der Waals surface area contributed by atoms with Gasteiger partial charge in [-0.05, 0) is 61.8 Å². The molecule has 3 rings (SSSR count). The molecular formula is C17H23ClF2N2OS. The van der Waals surface area contributed by atoms with Crippen molar-refractivity contribution in [2.24, 2.45) is 23.5 Å². The van der Waals surface area contributed by atoms with Gasteiger partial charge in [0.1, 0.15) is 0 Å². The van der Waals surface area contributed by atoms with E-state index in [2.05, 4.69) is 5.32 Å². The highest BCUT2D eigenvalue weighted by molar-refractivity contribution is 7.99. The number of nitrogens with one attached hydrogen (secondary N) is 1. The number of carbonyl (C=O) groups excluding carboxylic acids is 1. The van der Waals surface area contributed by atoms with Gasteiger partial charge in [0, 0.05) is 22.5 Å². The molecule has 0 heterocycles. The van der Waals surface area contributed by atoms with Crippen LogP contribution < -0.4 is 11.1 Å². The summed E-state index contributed by atoms with van der Waals surface area (Å²) in [6.07, 6.45) is 5.20. The number of benzene rings is 1. The summed E-state index contributed by atoms with van der Waals surface area (Å²) in [5.41, 5.74) is 6.92. The van der Waals surface area contributed by atoms with Crippen LogP contribution in [-0.4, -0.2) is 17.7 Å². The standard InChI is InChI=1S/C17H22F2N2OS.ClH/c18-17(19)23-14-6-4-13(5-7-14)21-16(22)12-8-10-2-1-3-11(9-12)15(10)20;/h4-7,10-12,15,17H,1-3,8-9,20H2,(H,21,22);1H. The van der Waals surface area contributed by atoms with Gasteiger partial charge in [0.05, 0.1) is 0 Å². The number of alkyl halides is 2. The predicted molar refractivity (Wildman–Crippen MR) is 95.7 cm³/mol. The quantitative estimate of drug-likeness (QED) is 0.760. The highest BCUT2D eigenvalue weighted by Crippen LogP contribution is 2.42. The summed E-state index contributed by atoms with van der Waals surface area (Å²) in [5.74, 6) is -1.46. The number of amides is 1. The second-order valence-electron chi connectivity index (χ2n) is 6.59. The van der Waals surface area contributed by atoms with Crippen LogP contribution >= 0.6 is 24.2 Å². The molecule has 2 atom stereocenters. The van der Waals surface area contributed by atoms with Crippen LogP contribution in [0.15, 0.2) is 29.2 Å². The molecule has 3 nitrogen and oxygen atoms in total. The predicted octanol–water partition coefficient (Wildman–Crippen LogP) is 4.52. The second-order valence-corrected chi connectivity index (χ2v) is 7.65. The Bertz CT molecular complexity index is 544. The molecule has 0 aliphatic heterocycles. The lowest BCUT2D eigenvalue weighted by atomic mass is 9.65. The molecule has 1 aromatic rings. The average molecular weight is 377 g/mol. The van der Waals surface area contributed by atoms with Crippen molar-refractivity contribution in [3.05, 3.63) is 24.3 Å². The fourth-order valence-corrected chi connectivity index (χ4v) is 4.47. The molecule has 1 aromatic carbocycles. The van der Waals surface area contributed by atoms with E-state index in [0.717, 1.165) is 25.7 Å². The molecule has 2 fully saturated rings. The summed E-state index contributed by atoms with van der Waals surface area (Å²) >= 11 is 0.506. The topological polar surface area (TPSA) is 55.1 Å². The van der Waals surface area contributed by atoms with Crippen molar-refractivity contribution in [3.63, 3.8) is 0 Å². The third kappa shape index (κ3) is 4.61. The zero-order chi connectivity index (χ0) is 16.4. The Labute approximate surface area is 151 Å². The van der Waals surface area contributed by atoms with Gasteiger partial charge >= 0.3 is 0 Å². The van der Waals surface area contributed by atoms with Crippen LogP contribution in [0.2, 0.25) is 0 Å². The van der Waals surface area contributed by atoms with Gasteiger partial charge in [0.15, 0.2) is 0 Å². The molecule has 2 aliphatic rings. The molecule has 134 valence electrons. The van der Waals surface area contributed by atoms with Gasteiger partial charge in [0.25, 0.3) is 5.76 Å². The van der Waals surface area contributed by atoms with Gasteiger partial charge in [0.2, 0.25) is 5.91 Å². The second kappa shape index (κ2) is 8.50. The molecule has 7 heteroatoms. The largest absolute Gasteiger partial charge is 0.327 e. The zero-order valence-corrected chi connectivity index (χ0v) is 14.9. The zero-order valence-electron chi connectivity index (χ0n) is 13.3. The average Bonchev–Trinajstić information content (AvgIpc) is 2.48. The Kier molecular flexibility index (Phi) is 6.89. The minimum absolute atomic E-state index is 0. The van der Waals surface area contributed by atoms with E-state index in [0.29, 0.717) is 34.2 Å². The Balaban J connectivity index is 0.00000208. The van der Waals surface area contributed by atoms with E-state index in [1.807, 2.05) is 0 Å². The number of hydrogen-bond acceptors (Lipinski definition) is 3. The van der Waals surface area contributed by atoms with E-state index >= 15 is 0 Å². The minimum Gasteiger partial charge on any atom is -0.327 e. The first kappa shape index (κ1) is 19.5. The Morgan fingerprint density at radius 1 is 1.17 bits per heavy atom. The maximum absolute atomic E-state index is 12.5. The maximum atomic E-state index is 12.5. The lowest BCUT2D eigenvalue weighted by molar-refractivity contribution is -0.122. The number of fused-ring (bicyclic) bond motifs is 2. The Morgan fingerprint density at radius 2 is 1.75 bits per heavy atom. The van der Waals surface area contributed by atoms with Crippen LogP contribution in [0.5, 0.6) is 0 Å². The molecule has 0 radical (unpaired) electrons. The smallest absolute Gasteiger partial charge is 0.288 e. The van der Waals surface area contributed by atoms with E-state index in [1.54, 1.807) is 24.3 Å². The van der Waals surface area contributed by atoms with Gasteiger partial charge in [-0.25, -0.2) is 0 Å². The number of rotatable bonds is 4. The number of carbonyl (C=O) groups is 1. The molecule has 2 saturated carbocycles. The van der Waals surface area contributed by atoms with E-state index in [4.69, 9.17) is 5.73 Å². The first-order valence-electron chi connectivity index (χ1n) is 8.14. The monoisotopic (exact) mass is 376 g/mol. The van der Waals surface area contributed by atoms with Crippen molar-refractivity contribution < 1.29 is 13.6 Å². The molecule has 2 aliphatic carbocycles.